The van der Waals surface area contributed by atoms with E-state index >= 15 is 0 Å². The van der Waals surface area contributed by atoms with E-state index in [1.165, 1.54) is 0 Å². The molecule has 1 saturated heterocycles. The van der Waals surface area contributed by atoms with Crippen LogP contribution in [-0.4, -0.2) is 40.3 Å². The van der Waals surface area contributed by atoms with Crippen molar-refractivity contribution in [1.29, 1.82) is 0 Å². The molecule has 0 bridgehead atoms. The van der Waals surface area contributed by atoms with Crippen molar-refractivity contribution in [2.45, 2.75) is 12.8 Å². The molecule has 1 atom stereocenters. The van der Waals surface area contributed by atoms with E-state index in [2.05, 4.69) is 20.7 Å². The van der Waals surface area contributed by atoms with E-state index in [1.807, 2.05) is 60.7 Å². The molecular weight excluding hydrogens is 374 g/mol. The van der Waals surface area contributed by atoms with Crippen LogP contribution in [0.25, 0.3) is 17.1 Å². The normalized spacial score (nSPS) is 16.2. The lowest BCUT2D eigenvalue weighted by Gasteiger charge is -2.22. The number of piperidine rings is 1. The van der Waals surface area contributed by atoms with Crippen molar-refractivity contribution in [3.05, 3.63) is 66.5 Å². The molecule has 2 heterocycles. The summed E-state index contributed by atoms with van der Waals surface area (Å²) in [4.78, 5) is 17.2. The number of benzene rings is 2. The first-order chi connectivity index (χ1) is 13.3. The summed E-state index contributed by atoms with van der Waals surface area (Å²) in [6.07, 6.45) is 2.29. The first-order valence-electron chi connectivity index (χ1n) is 9.38. The SMILES string of the molecule is Cl.O=C(NCC1CCCNC1)c1nc(-c2ccccc2)n(-c2ccccc2)n1. The molecule has 0 aliphatic carbocycles. The molecule has 6 nitrogen and oxygen atoms in total. The Labute approximate surface area is 170 Å². The lowest BCUT2D eigenvalue weighted by atomic mass is 10.00. The van der Waals surface area contributed by atoms with Crippen LogP contribution in [0.5, 0.6) is 0 Å². The summed E-state index contributed by atoms with van der Waals surface area (Å²) in [7, 11) is 0. The number of nitrogens with one attached hydrogen (secondary N) is 2. The minimum Gasteiger partial charge on any atom is -0.349 e. The Morgan fingerprint density at radius 1 is 1.11 bits per heavy atom. The molecule has 2 aromatic carbocycles. The Morgan fingerprint density at radius 3 is 2.50 bits per heavy atom. The molecule has 28 heavy (non-hydrogen) atoms. The lowest BCUT2D eigenvalue weighted by Crippen LogP contribution is -2.38. The van der Waals surface area contributed by atoms with Crippen molar-refractivity contribution in [3.8, 4) is 17.1 Å². The van der Waals surface area contributed by atoms with E-state index in [0.29, 0.717) is 18.3 Å². The third-order valence-corrected chi connectivity index (χ3v) is 4.79. The zero-order valence-electron chi connectivity index (χ0n) is 15.5. The number of carbonyl (C=O) groups excluding carboxylic acids is 1. The summed E-state index contributed by atoms with van der Waals surface area (Å²) < 4.78 is 1.73. The summed E-state index contributed by atoms with van der Waals surface area (Å²) in [6, 6.07) is 19.6. The van der Waals surface area contributed by atoms with Gasteiger partial charge >= 0.3 is 0 Å². The third-order valence-electron chi connectivity index (χ3n) is 4.79. The van der Waals surface area contributed by atoms with Gasteiger partial charge in [0.05, 0.1) is 5.69 Å². The number of carbonyl (C=O) groups is 1. The zero-order valence-corrected chi connectivity index (χ0v) is 16.4. The Bertz CT molecular complexity index is 835. The quantitative estimate of drug-likeness (QED) is 0.694. The predicted molar refractivity (Wildman–Crippen MR) is 112 cm³/mol. The van der Waals surface area contributed by atoms with Crippen LogP contribution in [-0.2, 0) is 0 Å². The van der Waals surface area contributed by atoms with Gasteiger partial charge in [0.15, 0.2) is 5.82 Å². The van der Waals surface area contributed by atoms with Gasteiger partial charge in [0.1, 0.15) is 0 Å². The Hall–Kier alpha value is -2.70. The number of hydrogen-bond donors (Lipinski definition) is 2. The minimum absolute atomic E-state index is 0. The number of amides is 1. The van der Waals surface area contributed by atoms with Crippen molar-refractivity contribution >= 4 is 18.3 Å². The highest BCUT2D eigenvalue weighted by Crippen LogP contribution is 2.21. The maximum atomic E-state index is 12.6. The van der Waals surface area contributed by atoms with Crippen molar-refractivity contribution in [3.63, 3.8) is 0 Å². The molecule has 0 spiro atoms. The average molecular weight is 398 g/mol. The van der Waals surface area contributed by atoms with Gasteiger partial charge in [-0.2, -0.15) is 0 Å². The Morgan fingerprint density at radius 2 is 1.82 bits per heavy atom. The second kappa shape index (κ2) is 9.48. The molecule has 3 aromatic rings. The van der Waals surface area contributed by atoms with Crippen LogP contribution in [0.2, 0.25) is 0 Å². The molecule has 1 fully saturated rings. The van der Waals surface area contributed by atoms with Gasteiger partial charge in [-0.15, -0.1) is 17.5 Å². The maximum Gasteiger partial charge on any atom is 0.291 e. The summed E-state index contributed by atoms with van der Waals surface area (Å²) >= 11 is 0. The number of nitrogens with zero attached hydrogens (tertiary/aromatic N) is 3. The Balaban J connectivity index is 0.00000225. The van der Waals surface area contributed by atoms with E-state index in [0.717, 1.165) is 37.2 Å². The molecule has 1 aromatic heterocycles. The van der Waals surface area contributed by atoms with Crippen molar-refractivity contribution in [2.75, 3.05) is 19.6 Å². The number of aromatic nitrogens is 3. The second-order valence-corrected chi connectivity index (χ2v) is 6.79. The van der Waals surface area contributed by atoms with Crippen molar-refractivity contribution in [2.24, 2.45) is 5.92 Å². The summed E-state index contributed by atoms with van der Waals surface area (Å²) in [5.74, 6) is 1.09. The minimum atomic E-state index is -0.229. The fourth-order valence-corrected chi connectivity index (χ4v) is 3.35. The molecule has 1 aliphatic heterocycles. The van der Waals surface area contributed by atoms with Gasteiger partial charge in [-0.1, -0.05) is 48.5 Å². The molecule has 1 unspecified atom stereocenters. The molecule has 1 aliphatic rings. The van der Waals surface area contributed by atoms with Crippen LogP contribution < -0.4 is 10.6 Å². The van der Waals surface area contributed by atoms with Crippen LogP contribution >= 0.6 is 12.4 Å². The number of para-hydroxylation sites is 1. The van der Waals surface area contributed by atoms with Gasteiger partial charge < -0.3 is 10.6 Å². The molecule has 146 valence electrons. The fourth-order valence-electron chi connectivity index (χ4n) is 3.35. The highest BCUT2D eigenvalue weighted by Gasteiger charge is 2.20. The van der Waals surface area contributed by atoms with Gasteiger partial charge in [-0.3, -0.25) is 4.79 Å². The number of hydrogen-bond acceptors (Lipinski definition) is 4. The van der Waals surface area contributed by atoms with Crippen LogP contribution in [0.4, 0.5) is 0 Å². The molecule has 4 rings (SSSR count). The first kappa shape index (κ1) is 20.0. The summed E-state index contributed by atoms with van der Waals surface area (Å²) in [6.45, 7) is 2.65. The van der Waals surface area contributed by atoms with E-state index in [-0.39, 0.29) is 24.1 Å². The first-order valence-corrected chi connectivity index (χ1v) is 9.38. The predicted octanol–water partition coefficient (Wildman–Crippen LogP) is 3.09. The maximum absolute atomic E-state index is 12.6. The standard InChI is InChI=1S/C21H23N5O.ClH/c27-21(23-15-16-8-7-13-22-14-16)19-24-20(17-9-3-1-4-10-17)26(25-19)18-11-5-2-6-12-18;/h1-6,9-12,16,22H,7-8,13-15H2,(H,23,27);1H. The fraction of sp³-hybridized carbons (Fsp3) is 0.286. The van der Waals surface area contributed by atoms with Crippen LogP contribution in [0.1, 0.15) is 23.5 Å². The molecule has 0 radical (unpaired) electrons. The molecular formula is C21H24ClN5O. The molecule has 7 heteroatoms. The van der Waals surface area contributed by atoms with Crippen molar-refractivity contribution < 1.29 is 4.79 Å². The largest absolute Gasteiger partial charge is 0.349 e. The second-order valence-electron chi connectivity index (χ2n) is 6.79. The summed E-state index contributed by atoms with van der Waals surface area (Å²) in [5.41, 5.74) is 1.80. The average Bonchev–Trinajstić information content (AvgIpc) is 3.20. The van der Waals surface area contributed by atoms with Crippen LogP contribution in [0.15, 0.2) is 60.7 Å². The van der Waals surface area contributed by atoms with Crippen molar-refractivity contribution in [1.82, 2.24) is 25.4 Å². The van der Waals surface area contributed by atoms with Crippen LogP contribution in [0, 0.1) is 5.92 Å². The third kappa shape index (κ3) is 4.58. The van der Waals surface area contributed by atoms with E-state index in [1.54, 1.807) is 4.68 Å². The van der Waals surface area contributed by atoms with E-state index < -0.39 is 0 Å². The van der Waals surface area contributed by atoms with Crippen LogP contribution in [0.3, 0.4) is 0 Å². The molecule has 2 N–H and O–H groups in total. The highest BCUT2D eigenvalue weighted by atomic mass is 35.5. The monoisotopic (exact) mass is 397 g/mol. The van der Waals surface area contributed by atoms with E-state index in [4.69, 9.17) is 0 Å². The van der Waals surface area contributed by atoms with Gasteiger partial charge in [0, 0.05) is 12.1 Å². The lowest BCUT2D eigenvalue weighted by molar-refractivity contribution is 0.0934. The molecule has 1 amide bonds. The zero-order chi connectivity index (χ0) is 18.5. The topological polar surface area (TPSA) is 71.8 Å². The highest BCUT2D eigenvalue weighted by molar-refractivity contribution is 5.91. The van der Waals surface area contributed by atoms with Gasteiger partial charge in [0.25, 0.3) is 5.91 Å². The summed E-state index contributed by atoms with van der Waals surface area (Å²) in [5, 5.41) is 10.9. The van der Waals surface area contributed by atoms with Gasteiger partial charge in [-0.05, 0) is 44.0 Å². The van der Waals surface area contributed by atoms with Gasteiger partial charge in [-0.25, -0.2) is 9.67 Å². The number of rotatable bonds is 5. The Kier molecular flexibility index (Phi) is 6.79. The van der Waals surface area contributed by atoms with E-state index in [9.17, 15) is 4.79 Å². The number of halogens is 1. The van der Waals surface area contributed by atoms with Gasteiger partial charge in [0.2, 0.25) is 5.82 Å². The molecule has 0 saturated carbocycles. The smallest absolute Gasteiger partial charge is 0.291 e.